The maximum Gasteiger partial charge on any atom is 0.338 e. The second-order valence-electron chi connectivity index (χ2n) is 10.00. The van der Waals surface area contributed by atoms with E-state index >= 15 is 0 Å². The predicted octanol–water partition coefficient (Wildman–Crippen LogP) is 7.38. The van der Waals surface area contributed by atoms with E-state index in [9.17, 15) is 9.00 Å². The summed E-state index contributed by atoms with van der Waals surface area (Å²) in [5, 5.41) is 0. The van der Waals surface area contributed by atoms with Crippen LogP contribution in [0.2, 0.25) is 0 Å². The Balaban J connectivity index is 1.77. The van der Waals surface area contributed by atoms with E-state index in [1.165, 1.54) is 12.0 Å². The minimum absolute atomic E-state index is 0.196. The van der Waals surface area contributed by atoms with Crippen molar-refractivity contribution in [2.45, 2.75) is 74.0 Å². The third-order valence-corrected chi connectivity index (χ3v) is 10.1. The number of hydrogen-bond acceptors (Lipinski definition) is 3. The minimum atomic E-state index is -1.36. The van der Waals surface area contributed by atoms with Gasteiger partial charge in [0.1, 0.15) is 5.60 Å². The maximum absolute atomic E-state index is 14.5. The summed E-state index contributed by atoms with van der Waals surface area (Å²) in [6.45, 7) is 4.13. The van der Waals surface area contributed by atoms with E-state index in [4.69, 9.17) is 4.74 Å². The summed E-state index contributed by atoms with van der Waals surface area (Å²) < 4.78 is 20.2. The number of carbonyl (C=O) groups excluding carboxylic acids is 1. The lowest BCUT2D eigenvalue weighted by Gasteiger charge is -2.50. The number of benzene rings is 3. The van der Waals surface area contributed by atoms with Crippen molar-refractivity contribution in [3.05, 3.63) is 102 Å². The van der Waals surface area contributed by atoms with Crippen molar-refractivity contribution < 1.29 is 13.7 Å². The third kappa shape index (κ3) is 5.59. The topological polar surface area (TPSA) is 43.4 Å². The molecule has 184 valence electrons. The zero-order valence-corrected chi connectivity index (χ0v) is 21.6. The molecule has 0 N–H and O–H groups in total. The number of ether oxygens (including phenoxy) is 1. The number of rotatable bonds is 9. The molecule has 4 rings (SSSR count). The normalized spacial score (nSPS) is 18.7. The molecule has 1 fully saturated rings. The Bertz CT molecular complexity index is 1110. The quantitative estimate of drug-likeness (QED) is 0.295. The Morgan fingerprint density at radius 3 is 1.97 bits per heavy atom. The lowest BCUT2D eigenvalue weighted by molar-refractivity contribution is -0.0476. The molecule has 0 heterocycles. The van der Waals surface area contributed by atoms with Crippen LogP contribution in [0.15, 0.2) is 95.9 Å². The van der Waals surface area contributed by atoms with E-state index < -0.39 is 21.1 Å². The molecule has 4 heteroatoms. The number of hydrogen-bond donors (Lipinski definition) is 0. The highest BCUT2D eigenvalue weighted by atomic mass is 32.2. The molecule has 1 aliphatic rings. The fourth-order valence-electron chi connectivity index (χ4n) is 5.49. The fourth-order valence-corrected chi connectivity index (χ4v) is 7.46. The van der Waals surface area contributed by atoms with Crippen LogP contribution in [0, 0.1) is 5.92 Å². The van der Waals surface area contributed by atoms with Gasteiger partial charge in [-0.1, -0.05) is 86.0 Å². The van der Waals surface area contributed by atoms with E-state index in [-0.39, 0.29) is 11.9 Å². The molecule has 35 heavy (non-hydrogen) atoms. The van der Waals surface area contributed by atoms with Crippen LogP contribution in [-0.2, 0) is 22.0 Å². The summed E-state index contributed by atoms with van der Waals surface area (Å²) in [6.07, 6.45) is 6.78. The van der Waals surface area contributed by atoms with Crippen LogP contribution in [0.4, 0.5) is 0 Å². The standard InChI is InChI=1S/C31H36O3S/c1-30(24-23-25-15-7-3-8-16-25,34-29(32)26-17-9-4-10-18-26)31(2,27-19-11-5-12-20-27)35(33)28-21-13-6-14-22-28/h3-4,6-10,13-18,21-22,27H,5,11-12,19-20,23-24H2,1-2H3. The van der Waals surface area contributed by atoms with Crippen molar-refractivity contribution >= 4 is 16.8 Å². The monoisotopic (exact) mass is 488 g/mol. The van der Waals surface area contributed by atoms with E-state index in [2.05, 4.69) is 19.1 Å². The molecule has 3 aromatic rings. The second kappa shape index (κ2) is 11.3. The lowest BCUT2D eigenvalue weighted by Crippen LogP contribution is -2.60. The summed E-state index contributed by atoms with van der Waals surface area (Å²) in [5.41, 5.74) is 0.777. The van der Waals surface area contributed by atoms with Crippen molar-refractivity contribution in [1.29, 1.82) is 0 Å². The van der Waals surface area contributed by atoms with Crippen LogP contribution < -0.4 is 0 Å². The summed E-state index contributed by atoms with van der Waals surface area (Å²) in [4.78, 5) is 14.2. The average molecular weight is 489 g/mol. The molecule has 1 aliphatic carbocycles. The van der Waals surface area contributed by atoms with Gasteiger partial charge in [-0.15, -0.1) is 0 Å². The second-order valence-corrected chi connectivity index (χ2v) is 11.9. The molecule has 0 amide bonds. The van der Waals surface area contributed by atoms with Crippen molar-refractivity contribution in [2.75, 3.05) is 0 Å². The van der Waals surface area contributed by atoms with Gasteiger partial charge < -0.3 is 4.74 Å². The highest BCUT2D eigenvalue weighted by Gasteiger charge is 2.56. The first kappa shape index (κ1) is 25.4. The molecule has 0 saturated heterocycles. The molecule has 0 bridgehead atoms. The molecule has 3 aromatic carbocycles. The van der Waals surface area contributed by atoms with Gasteiger partial charge in [-0.3, -0.25) is 4.21 Å². The molecular formula is C31H36O3S. The van der Waals surface area contributed by atoms with Crippen LogP contribution in [0.1, 0.15) is 68.3 Å². The number of carbonyl (C=O) groups is 1. The Kier molecular flexibility index (Phi) is 8.22. The maximum atomic E-state index is 14.5. The number of aryl methyl sites for hydroxylation is 1. The molecule has 0 aromatic heterocycles. The van der Waals surface area contributed by atoms with Gasteiger partial charge >= 0.3 is 5.97 Å². The van der Waals surface area contributed by atoms with Gasteiger partial charge in [0.2, 0.25) is 0 Å². The Morgan fingerprint density at radius 2 is 1.37 bits per heavy atom. The minimum Gasteiger partial charge on any atom is -0.454 e. The predicted molar refractivity (Wildman–Crippen MR) is 143 cm³/mol. The zero-order valence-electron chi connectivity index (χ0n) is 20.8. The van der Waals surface area contributed by atoms with Crippen LogP contribution in [0.3, 0.4) is 0 Å². The smallest absolute Gasteiger partial charge is 0.338 e. The largest absolute Gasteiger partial charge is 0.454 e. The van der Waals surface area contributed by atoms with Gasteiger partial charge in [0, 0.05) is 4.90 Å². The first-order chi connectivity index (χ1) is 16.9. The Labute approximate surface area is 212 Å². The Hall–Kier alpha value is -2.72. The van der Waals surface area contributed by atoms with Gasteiger partial charge in [-0.05, 0) is 75.3 Å². The molecule has 3 atom stereocenters. The van der Waals surface area contributed by atoms with Crippen molar-refractivity contribution in [1.82, 2.24) is 0 Å². The highest BCUT2D eigenvalue weighted by Crippen LogP contribution is 2.48. The average Bonchev–Trinajstić information content (AvgIpc) is 2.93. The van der Waals surface area contributed by atoms with Crippen molar-refractivity contribution in [2.24, 2.45) is 5.92 Å². The summed E-state index contributed by atoms with van der Waals surface area (Å²) in [5.74, 6) is -0.158. The van der Waals surface area contributed by atoms with Gasteiger partial charge in [-0.25, -0.2) is 4.79 Å². The van der Waals surface area contributed by atoms with Crippen LogP contribution >= 0.6 is 0 Å². The molecule has 1 saturated carbocycles. The van der Waals surface area contributed by atoms with Gasteiger partial charge in [0.25, 0.3) is 0 Å². The van der Waals surface area contributed by atoms with E-state index in [0.29, 0.717) is 12.0 Å². The molecule has 0 radical (unpaired) electrons. The van der Waals surface area contributed by atoms with E-state index in [1.54, 1.807) is 12.1 Å². The van der Waals surface area contributed by atoms with Gasteiger partial charge in [0.15, 0.2) is 0 Å². The van der Waals surface area contributed by atoms with Crippen LogP contribution in [-0.4, -0.2) is 20.5 Å². The zero-order chi connectivity index (χ0) is 24.7. The SMILES string of the molecule is CC(CCc1ccccc1)(OC(=O)c1ccccc1)C(C)(C1CCCCC1)S(=O)c1ccccc1. The molecular weight excluding hydrogens is 452 g/mol. The summed E-state index contributed by atoms with van der Waals surface area (Å²) in [6, 6.07) is 29.1. The van der Waals surface area contributed by atoms with Gasteiger partial charge in [-0.2, -0.15) is 0 Å². The summed E-state index contributed by atoms with van der Waals surface area (Å²) in [7, 11) is -1.36. The summed E-state index contributed by atoms with van der Waals surface area (Å²) >= 11 is 0. The molecule has 3 unspecified atom stereocenters. The van der Waals surface area contributed by atoms with E-state index in [1.807, 2.05) is 73.7 Å². The molecule has 0 spiro atoms. The molecule has 0 aliphatic heterocycles. The number of esters is 1. The van der Waals surface area contributed by atoms with E-state index in [0.717, 1.165) is 37.0 Å². The fraction of sp³-hybridized carbons (Fsp3) is 0.387. The van der Waals surface area contributed by atoms with Gasteiger partial charge in [0.05, 0.1) is 21.1 Å². The third-order valence-electron chi connectivity index (χ3n) is 7.84. The first-order valence-electron chi connectivity index (χ1n) is 12.7. The van der Waals surface area contributed by atoms with Crippen LogP contribution in [0.5, 0.6) is 0 Å². The van der Waals surface area contributed by atoms with Crippen LogP contribution in [0.25, 0.3) is 0 Å². The first-order valence-corrected chi connectivity index (χ1v) is 13.9. The van der Waals surface area contributed by atoms with Crippen molar-refractivity contribution in [3.8, 4) is 0 Å². The Morgan fingerprint density at radius 1 is 0.829 bits per heavy atom. The lowest BCUT2D eigenvalue weighted by atomic mass is 9.70. The van der Waals surface area contributed by atoms with Crippen molar-refractivity contribution in [3.63, 3.8) is 0 Å². The highest BCUT2D eigenvalue weighted by molar-refractivity contribution is 7.86. The molecule has 3 nitrogen and oxygen atoms in total.